The summed E-state index contributed by atoms with van der Waals surface area (Å²) in [6.07, 6.45) is -4.04. The number of carbonyl (C=O) groups is 2. The van der Waals surface area contributed by atoms with Crippen LogP contribution in [0.1, 0.15) is 24.8 Å². The molecule has 0 aliphatic heterocycles. The Morgan fingerprint density at radius 3 is 1.90 bits per heavy atom. The lowest BCUT2D eigenvalue weighted by Crippen LogP contribution is -2.37. The number of benzene rings is 3. The number of aryl methyl sites for hydroxylation is 1. The molecule has 0 saturated heterocycles. The number of amides is 1. The Bertz CT molecular complexity index is 1230. The van der Waals surface area contributed by atoms with Crippen LogP contribution in [0.3, 0.4) is 0 Å². The highest BCUT2D eigenvalue weighted by Gasteiger charge is 2.31. The van der Waals surface area contributed by atoms with Gasteiger partial charge in [-0.25, -0.2) is 9.18 Å². The number of nitrogens with zero attached hydrogens (tertiary/aromatic N) is 1. The van der Waals surface area contributed by atoms with Crippen molar-refractivity contribution in [2.45, 2.75) is 32.0 Å². The normalized spacial score (nSPS) is 11.0. The number of carboxylic acids is 1. The van der Waals surface area contributed by atoms with Crippen molar-refractivity contribution in [3.05, 3.63) is 84.2 Å². The van der Waals surface area contributed by atoms with Crippen molar-refractivity contribution in [1.82, 2.24) is 4.90 Å². The first kappa shape index (κ1) is 31.1. The molecule has 1 amide bonds. The minimum absolute atomic E-state index is 0.0181. The van der Waals surface area contributed by atoms with Crippen LogP contribution in [0.5, 0.6) is 23.0 Å². The van der Waals surface area contributed by atoms with Gasteiger partial charge >= 0.3 is 18.4 Å². The van der Waals surface area contributed by atoms with Gasteiger partial charge in [-0.1, -0.05) is 12.1 Å². The molecule has 0 unspecified atom stereocenters. The van der Waals surface area contributed by atoms with E-state index < -0.39 is 24.2 Å². The lowest BCUT2D eigenvalue weighted by atomic mass is 10.1. The zero-order chi connectivity index (χ0) is 29.7. The Kier molecular flexibility index (Phi) is 11.6. The van der Waals surface area contributed by atoms with Crippen LogP contribution in [0.25, 0.3) is 0 Å². The van der Waals surface area contributed by atoms with Gasteiger partial charge in [0.1, 0.15) is 35.4 Å². The van der Waals surface area contributed by atoms with Crippen molar-refractivity contribution >= 4 is 12.1 Å². The molecule has 12 heteroatoms. The maximum absolute atomic E-state index is 13.0. The van der Waals surface area contributed by atoms with Gasteiger partial charge in [0.2, 0.25) is 0 Å². The third-order valence-corrected chi connectivity index (χ3v) is 5.61. The summed E-state index contributed by atoms with van der Waals surface area (Å²) in [6.45, 7) is 0.875. The van der Waals surface area contributed by atoms with Crippen molar-refractivity contribution in [3.8, 4) is 23.0 Å². The summed E-state index contributed by atoms with van der Waals surface area (Å²) in [5.41, 5.74) is 0.847. The molecule has 0 saturated carbocycles. The largest absolute Gasteiger partial charge is 0.573 e. The molecule has 0 spiro atoms. The Morgan fingerprint density at radius 1 is 0.732 bits per heavy atom. The van der Waals surface area contributed by atoms with Crippen molar-refractivity contribution in [2.24, 2.45) is 0 Å². The second-order valence-electron chi connectivity index (χ2n) is 8.77. The first-order valence-electron chi connectivity index (χ1n) is 12.7. The van der Waals surface area contributed by atoms with E-state index in [-0.39, 0.29) is 37.7 Å². The average molecular weight is 580 g/mol. The van der Waals surface area contributed by atoms with Gasteiger partial charge in [0, 0.05) is 13.0 Å². The average Bonchev–Trinajstić information content (AvgIpc) is 2.92. The van der Waals surface area contributed by atoms with Gasteiger partial charge in [-0.15, -0.1) is 13.2 Å². The lowest BCUT2D eigenvalue weighted by molar-refractivity contribution is -0.274. The molecule has 0 heterocycles. The molecule has 0 aliphatic carbocycles. The molecule has 220 valence electrons. The van der Waals surface area contributed by atoms with Crippen LogP contribution in [0, 0.1) is 5.82 Å². The van der Waals surface area contributed by atoms with Crippen LogP contribution in [0.4, 0.5) is 22.4 Å². The van der Waals surface area contributed by atoms with Crippen molar-refractivity contribution in [3.63, 3.8) is 0 Å². The molecule has 0 radical (unpaired) electrons. The van der Waals surface area contributed by atoms with Gasteiger partial charge in [-0.2, -0.15) is 0 Å². The molecular weight excluding hydrogens is 550 g/mol. The Balaban J connectivity index is 1.53. The second-order valence-corrected chi connectivity index (χ2v) is 8.77. The minimum atomic E-state index is -4.84. The molecule has 3 aromatic carbocycles. The highest BCUT2D eigenvalue weighted by atomic mass is 19.4. The number of carboxylic acid groups (broad SMARTS) is 1. The fraction of sp³-hybridized carbons (Fsp3) is 0.310. The predicted octanol–water partition coefficient (Wildman–Crippen LogP) is 6.48. The summed E-state index contributed by atoms with van der Waals surface area (Å²) in [6, 6.07) is 17.0. The molecule has 1 N–H and O–H groups in total. The molecule has 0 atom stereocenters. The number of aliphatic carboxylic acids is 1. The molecule has 0 aliphatic rings. The number of rotatable bonds is 15. The number of alkyl halides is 3. The van der Waals surface area contributed by atoms with Crippen LogP contribution in [0.2, 0.25) is 0 Å². The Morgan fingerprint density at radius 2 is 1.29 bits per heavy atom. The van der Waals surface area contributed by atoms with E-state index in [0.717, 1.165) is 17.7 Å². The quantitative estimate of drug-likeness (QED) is 0.163. The molecule has 8 nitrogen and oxygen atoms in total. The van der Waals surface area contributed by atoms with Crippen molar-refractivity contribution in [2.75, 3.05) is 26.3 Å². The fourth-order valence-electron chi connectivity index (χ4n) is 3.57. The summed E-state index contributed by atoms with van der Waals surface area (Å²) >= 11 is 0. The van der Waals surface area contributed by atoms with Gasteiger partial charge in [-0.05, 0) is 85.5 Å². The maximum Gasteiger partial charge on any atom is 0.573 e. The molecule has 3 rings (SSSR count). The highest BCUT2D eigenvalue weighted by molar-refractivity contribution is 5.70. The van der Waals surface area contributed by atoms with Gasteiger partial charge in [-0.3, -0.25) is 4.79 Å². The van der Waals surface area contributed by atoms with E-state index >= 15 is 0 Å². The summed E-state index contributed by atoms with van der Waals surface area (Å²) in [5.74, 6) is -0.617. The van der Waals surface area contributed by atoms with Gasteiger partial charge in [0.15, 0.2) is 0 Å². The summed E-state index contributed by atoms with van der Waals surface area (Å²) in [4.78, 5) is 25.0. The predicted molar refractivity (Wildman–Crippen MR) is 140 cm³/mol. The van der Waals surface area contributed by atoms with Crippen LogP contribution in [-0.4, -0.2) is 54.7 Å². The monoisotopic (exact) mass is 579 g/mol. The summed E-state index contributed by atoms with van der Waals surface area (Å²) in [7, 11) is 0. The third kappa shape index (κ3) is 12.1. The topological polar surface area (TPSA) is 94.5 Å². The van der Waals surface area contributed by atoms with E-state index in [9.17, 15) is 27.2 Å². The number of hydrogen-bond donors (Lipinski definition) is 1. The summed E-state index contributed by atoms with van der Waals surface area (Å²) < 4.78 is 70.7. The first-order chi connectivity index (χ1) is 19.6. The van der Waals surface area contributed by atoms with Gasteiger partial charge < -0.3 is 29.0 Å². The molecular formula is C29H29F4NO7. The number of unbranched alkanes of at least 4 members (excludes halogenated alkanes) is 1. The van der Waals surface area contributed by atoms with E-state index in [2.05, 4.69) is 4.74 Å². The van der Waals surface area contributed by atoms with Crippen LogP contribution in [0.15, 0.2) is 72.8 Å². The molecule has 0 bridgehead atoms. The Labute approximate surface area is 234 Å². The smallest absolute Gasteiger partial charge is 0.494 e. The summed E-state index contributed by atoms with van der Waals surface area (Å²) in [5, 5.41) is 8.81. The third-order valence-electron chi connectivity index (χ3n) is 5.61. The Hall–Kier alpha value is -4.48. The molecule has 3 aromatic rings. The number of halogens is 4. The fourth-order valence-corrected chi connectivity index (χ4v) is 3.57. The highest BCUT2D eigenvalue weighted by Crippen LogP contribution is 2.25. The standard InChI is InChI=1S/C29H29F4NO7/c30-22-6-10-24(11-7-22)38-19-2-1-17-34(18-20-39-23-8-3-21(4-9-23)5-16-27(35)36)28(37)40-25-12-14-26(15-13-25)41-29(31,32)33/h3-4,6-15H,1-2,5,16-20H2,(H,35,36). The number of carbonyl (C=O) groups excluding carboxylic acids is 1. The lowest BCUT2D eigenvalue weighted by Gasteiger charge is -2.22. The van der Waals surface area contributed by atoms with E-state index in [1.807, 2.05) is 0 Å². The van der Waals surface area contributed by atoms with Crippen molar-refractivity contribution < 1.29 is 51.2 Å². The zero-order valence-electron chi connectivity index (χ0n) is 21.9. The minimum Gasteiger partial charge on any atom is -0.494 e. The molecule has 41 heavy (non-hydrogen) atoms. The van der Waals surface area contributed by atoms with Crippen molar-refractivity contribution in [1.29, 1.82) is 0 Å². The SMILES string of the molecule is O=C(O)CCc1ccc(OCCN(CCCCOc2ccc(F)cc2)C(=O)Oc2ccc(OC(F)(F)F)cc2)cc1. The number of hydrogen-bond acceptors (Lipinski definition) is 6. The van der Waals surface area contributed by atoms with E-state index in [1.165, 1.54) is 41.3 Å². The van der Waals surface area contributed by atoms with Crippen LogP contribution in [-0.2, 0) is 11.2 Å². The van der Waals surface area contributed by atoms with Gasteiger partial charge in [0.25, 0.3) is 0 Å². The first-order valence-corrected chi connectivity index (χ1v) is 12.7. The zero-order valence-corrected chi connectivity index (χ0v) is 21.9. The van der Waals surface area contributed by atoms with E-state index in [4.69, 9.17) is 19.3 Å². The van der Waals surface area contributed by atoms with E-state index in [1.54, 1.807) is 24.3 Å². The van der Waals surface area contributed by atoms with Crippen LogP contribution < -0.4 is 18.9 Å². The van der Waals surface area contributed by atoms with E-state index in [0.29, 0.717) is 37.4 Å². The van der Waals surface area contributed by atoms with Crippen LogP contribution >= 0.6 is 0 Å². The maximum atomic E-state index is 13.0. The van der Waals surface area contributed by atoms with Gasteiger partial charge in [0.05, 0.1) is 13.2 Å². The second kappa shape index (κ2) is 15.3. The molecule has 0 fully saturated rings. The molecule has 0 aromatic heterocycles. The number of ether oxygens (including phenoxy) is 4.